The van der Waals surface area contributed by atoms with Gasteiger partial charge in [-0.15, -0.1) is 0 Å². The third-order valence-electron chi connectivity index (χ3n) is 2.78. The van der Waals surface area contributed by atoms with Crippen molar-refractivity contribution in [2.75, 3.05) is 0 Å². The van der Waals surface area contributed by atoms with Crippen molar-refractivity contribution in [2.24, 2.45) is 11.1 Å². The molecule has 0 radical (unpaired) electrons. The average Bonchev–Trinajstić information content (AvgIpc) is 2.51. The van der Waals surface area contributed by atoms with Crippen LogP contribution in [0, 0.1) is 5.41 Å². The maximum absolute atomic E-state index is 10.9. The van der Waals surface area contributed by atoms with Gasteiger partial charge in [0.25, 0.3) is 0 Å². The normalized spacial score (nSPS) is 22.5. The quantitative estimate of drug-likeness (QED) is 0.579. The standard InChI is InChI=1S/C8H13NO4/c9-5(6(10)11)8(7(12)13)3-1-2-4-8/h5H,1-4,9H2,(H,10,11)(H,12,13). The van der Waals surface area contributed by atoms with Crippen molar-refractivity contribution >= 4 is 11.9 Å². The van der Waals surface area contributed by atoms with Crippen molar-refractivity contribution in [3.63, 3.8) is 0 Å². The van der Waals surface area contributed by atoms with E-state index in [-0.39, 0.29) is 0 Å². The highest BCUT2D eigenvalue weighted by Crippen LogP contribution is 2.40. The Balaban J connectivity index is 2.90. The largest absolute Gasteiger partial charge is 0.481 e. The molecule has 13 heavy (non-hydrogen) atoms. The first kappa shape index (κ1) is 9.98. The minimum atomic E-state index is -1.28. The zero-order chi connectivity index (χ0) is 10.1. The number of carbonyl (C=O) groups is 2. The Morgan fingerprint density at radius 3 is 2.00 bits per heavy atom. The molecular formula is C8H13NO4. The summed E-state index contributed by atoms with van der Waals surface area (Å²) in [6.45, 7) is 0. The van der Waals surface area contributed by atoms with Crippen LogP contribution in [-0.4, -0.2) is 28.2 Å². The van der Waals surface area contributed by atoms with Crippen LogP contribution in [0.2, 0.25) is 0 Å². The summed E-state index contributed by atoms with van der Waals surface area (Å²) in [5.41, 5.74) is 4.15. The average molecular weight is 187 g/mol. The number of rotatable bonds is 3. The highest BCUT2D eigenvalue weighted by atomic mass is 16.4. The van der Waals surface area contributed by atoms with Crippen LogP contribution in [0.1, 0.15) is 25.7 Å². The molecular weight excluding hydrogens is 174 g/mol. The molecule has 0 aromatic heterocycles. The van der Waals surface area contributed by atoms with Gasteiger partial charge in [-0.25, -0.2) is 0 Å². The van der Waals surface area contributed by atoms with E-state index in [1.807, 2.05) is 0 Å². The minimum absolute atomic E-state index is 0.371. The monoisotopic (exact) mass is 187 g/mol. The molecule has 1 unspecified atom stereocenters. The van der Waals surface area contributed by atoms with Crippen LogP contribution in [0.25, 0.3) is 0 Å². The minimum Gasteiger partial charge on any atom is -0.481 e. The zero-order valence-corrected chi connectivity index (χ0v) is 7.19. The van der Waals surface area contributed by atoms with Crippen LogP contribution in [0.3, 0.4) is 0 Å². The van der Waals surface area contributed by atoms with Gasteiger partial charge in [0, 0.05) is 0 Å². The first-order chi connectivity index (χ1) is 6.00. The van der Waals surface area contributed by atoms with Crippen LogP contribution in [-0.2, 0) is 9.59 Å². The number of hydrogen-bond donors (Lipinski definition) is 3. The van der Waals surface area contributed by atoms with E-state index in [2.05, 4.69) is 0 Å². The van der Waals surface area contributed by atoms with Crippen LogP contribution in [0.4, 0.5) is 0 Å². The Hall–Kier alpha value is -1.10. The molecule has 1 atom stereocenters. The molecule has 0 spiro atoms. The molecule has 74 valence electrons. The summed E-state index contributed by atoms with van der Waals surface area (Å²) in [4.78, 5) is 21.5. The third-order valence-corrected chi connectivity index (χ3v) is 2.78. The van der Waals surface area contributed by atoms with E-state index < -0.39 is 23.4 Å². The summed E-state index contributed by atoms with van der Waals surface area (Å²) in [7, 11) is 0. The van der Waals surface area contributed by atoms with E-state index in [0.717, 1.165) is 12.8 Å². The molecule has 1 saturated carbocycles. The molecule has 1 aliphatic carbocycles. The van der Waals surface area contributed by atoms with Gasteiger partial charge in [0.2, 0.25) is 0 Å². The fourth-order valence-corrected chi connectivity index (χ4v) is 1.90. The predicted octanol–water partition coefficient (Wildman–Crippen LogP) is 0.0433. The third kappa shape index (κ3) is 1.51. The lowest BCUT2D eigenvalue weighted by Gasteiger charge is -2.27. The lowest BCUT2D eigenvalue weighted by molar-refractivity contribution is -0.157. The second-order valence-electron chi connectivity index (χ2n) is 3.48. The molecule has 0 aliphatic heterocycles. The van der Waals surface area contributed by atoms with Crippen molar-refractivity contribution in [1.82, 2.24) is 0 Å². The topological polar surface area (TPSA) is 101 Å². The van der Waals surface area contributed by atoms with Gasteiger partial charge in [-0.3, -0.25) is 9.59 Å². The van der Waals surface area contributed by atoms with E-state index >= 15 is 0 Å². The van der Waals surface area contributed by atoms with E-state index in [9.17, 15) is 9.59 Å². The maximum Gasteiger partial charge on any atom is 0.321 e. The Morgan fingerprint density at radius 2 is 1.69 bits per heavy atom. The Kier molecular flexibility index (Phi) is 2.56. The van der Waals surface area contributed by atoms with Crippen molar-refractivity contribution in [3.8, 4) is 0 Å². The highest BCUT2D eigenvalue weighted by Gasteiger charge is 2.49. The van der Waals surface area contributed by atoms with E-state index in [0.29, 0.717) is 12.8 Å². The Bertz CT molecular complexity index is 232. The number of carboxylic acids is 2. The van der Waals surface area contributed by atoms with Crippen LogP contribution < -0.4 is 5.73 Å². The van der Waals surface area contributed by atoms with Gasteiger partial charge >= 0.3 is 11.9 Å². The molecule has 0 aromatic rings. The first-order valence-corrected chi connectivity index (χ1v) is 4.22. The fraction of sp³-hybridized carbons (Fsp3) is 0.750. The van der Waals surface area contributed by atoms with Crippen molar-refractivity contribution in [3.05, 3.63) is 0 Å². The molecule has 1 fully saturated rings. The predicted molar refractivity (Wildman–Crippen MR) is 44.1 cm³/mol. The van der Waals surface area contributed by atoms with Gasteiger partial charge in [-0.05, 0) is 12.8 Å². The summed E-state index contributed by atoms with van der Waals surface area (Å²) in [6.07, 6.45) is 2.23. The smallest absolute Gasteiger partial charge is 0.321 e. The lowest BCUT2D eigenvalue weighted by atomic mass is 9.79. The Labute approximate surface area is 75.5 Å². The fourth-order valence-electron chi connectivity index (χ4n) is 1.90. The summed E-state index contributed by atoms with van der Waals surface area (Å²) < 4.78 is 0. The summed E-state index contributed by atoms with van der Waals surface area (Å²) in [5, 5.41) is 17.6. The van der Waals surface area contributed by atoms with E-state index in [1.165, 1.54) is 0 Å². The molecule has 0 bridgehead atoms. The molecule has 5 nitrogen and oxygen atoms in total. The summed E-state index contributed by atoms with van der Waals surface area (Å²) >= 11 is 0. The zero-order valence-electron chi connectivity index (χ0n) is 7.19. The van der Waals surface area contributed by atoms with Crippen molar-refractivity contribution in [1.29, 1.82) is 0 Å². The summed E-state index contributed by atoms with van der Waals surface area (Å²) in [6, 6.07) is -1.28. The summed E-state index contributed by atoms with van der Waals surface area (Å²) in [5.74, 6) is -2.32. The Morgan fingerprint density at radius 1 is 1.23 bits per heavy atom. The van der Waals surface area contributed by atoms with Crippen molar-refractivity contribution < 1.29 is 19.8 Å². The molecule has 1 rings (SSSR count). The lowest BCUT2D eigenvalue weighted by Crippen LogP contribution is -2.50. The van der Waals surface area contributed by atoms with E-state index in [4.69, 9.17) is 15.9 Å². The first-order valence-electron chi connectivity index (χ1n) is 4.22. The number of carboxylic acid groups (broad SMARTS) is 2. The van der Waals surface area contributed by atoms with Gasteiger partial charge in [-0.2, -0.15) is 0 Å². The van der Waals surface area contributed by atoms with Crippen LogP contribution >= 0.6 is 0 Å². The second kappa shape index (κ2) is 3.33. The maximum atomic E-state index is 10.9. The van der Waals surface area contributed by atoms with Gasteiger partial charge in [0.05, 0.1) is 5.41 Å². The molecule has 0 saturated heterocycles. The van der Waals surface area contributed by atoms with Gasteiger partial charge in [-0.1, -0.05) is 12.8 Å². The van der Waals surface area contributed by atoms with Crippen molar-refractivity contribution in [2.45, 2.75) is 31.7 Å². The highest BCUT2D eigenvalue weighted by molar-refractivity contribution is 5.86. The molecule has 5 heteroatoms. The van der Waals surface area contributed by atoms with E-state index in [1.54, 1.807) is 0 Å². The van der Waals surface area contributed by atoms with Crippen LogP contribution in [0.5, 0.6) is 0 Å². The molecule has 4 N–H and O–H groups in total. The molecule has 0 aromatic carbocycles. The number of hydrogen-bond acceptors (Lipinski definition) is 3. The van der Waals surface area contributed by atoms with Gasteiger partial charge in [0.1, 0.15) is 6.04 Å². The second-order valence-corrected chi connectivity index (χ2v) is 3.48. The van der Waals surface area contributed by atoms with Gasteiger partial charge in [0.15, 0.2) is 0 Å². The van der Waals surface area contributed by atoms with Crippen LogP contribution in [0.15, 0.2) is 0 Å². The number of nitrogens with two attached hydrogens (primary N) is 1. The number of aliphatic carboxylic acids is 2. The SMILES string of the molecule is NC(C(=O)O)C1(C(=O)O)CCCC1. The van der Waals surface area contributed by atoms with Gasteiger partial charge < -0.3 is 15.9 Å². The molecule has 0 amide bonds. The molecule has 1 aliphatic rings. The molecule has 0 heterocycles.